The van der Waals surface area contributed by atoms with E-state index in [1.165, 1.54) is 19.3 Å². The molecule has 0 rings (SSSR count). The summed E-state index contributed by atoms with van der Waals surface area (Å²) >= 11 is 0. The molecule has 0 amide bonds. The highest BCUT2D eigenvalue weighted by atomic mass is 16.6. The molecule has 1 unspecified atom stereocenters. The minimum atomic E-state index is -0.608. The third-order valence-electron chi connectivity index (χ3n) is 10.6. The summed E-state index contributed by atoms with van der Waals surface area (Å²) in [6.07, 6.45) is 84.2. The Morgan fingerprint density at radius 2 is 0.618 bits per heavy atom. The lowest BCUT2D eigenvalue weighted by Crippen LogP contribution is -2.30. The van der Waals surface area contributed by atoms with Gasteiger partial charge in [-0.15, -0.1) is 0 Å². The molecule has 0 radical (unpaired) electrons. The third kappa shape index (κ3) is 54.1. The molecule has 0 fully saturated rings. The SMILES string of the molecule is CC/C=C\C/C=C\C/C=C\C/C=C\C/C=C\CCOCC(COC(=O)CCCCCCCC/C=C\C/C=C\C/C=C\C/C=C\CC)OC(=O)CCCCCC/C=C\C/C=C\C/C=C\C/C=C\CC. The van der Waals surface area contributed by atoms with Gasteiger partial charge in [0.15, 0.2) is 6.10 Å². The molecular formula is C63H98O5. The van der Waals surface area contributed by atoms with E-state index in [-0.39, 0.29) is 25.2 Å². The quantitative estimate of drug-likeness (QED) is 0.0346. The minimum Gasteiger partial charge on any atom is -0.462 e. The van der Waals surface area contributed by atoms with Crippen LogP contribution in [0.4, 0.5) is 0 Å². The van der Waals surface area contributed by atoms with Crippen LogP contribution in [-0.2, 0) is 23.8 Å². The Kier molecular flexibility index (Phi) is 53.1. The van der Waals surface area contributed by atoms with Crippen molar-refractivity contribution in [1.82, 2.24) is 0 Å². The lowest BCUT2D eigenvalue weighted by molar-refractivity contribution is -0.162. The zero-order valence-corrected chi connectivity index (χ0v) is 43.6. The van der Waals surface area contributed by atoms with Crippen molar-refractivity contribution < 1.29 is 23.8 Å². The van der Waals surface area contributed by atoms with Crippen LogP contribution in [0.25, 0.3) is 0 Å². The maximum absolute atomic E-state index is 12.8. The summed E-state index contributed by atoms with van der Waals surface area (Å²) in [5, 5.41) is 0. The predicted molar refractivity (Wildman–Crippen MR) is 297 cm³/mol. The van der Waals surface area contributed by atoms with Crippen LogP contribution in [0.5, 0.6) is 0 Å². The summed E-state index contributed by atoms with van der Waals surface area (Å²) in [5.41, 5.74) is 0. The van der Waals surface area contributed by atoms with E-state index < -0.39 is 6.10 Å². The fourth-order valence-electron chi connectivity index (χ4n) is 6.67. The van der Waals surface area contributed by atoms with Gasteiger partial charge < -0.3 is 14.2 Å². The van der Waals surface area contributed by atoms with Crippen LogP contribution in [0.15, 0.2) is 158 Å². The van der Waals surface area contributed by atoms with Crippen molar-refractivity contribution >= 4 is 11.9 Å². The van der Waals surface area contributed by atoms with Crippen molar-refractivity contribution in [3.63, 3.8) is 0 Å². The highest BCUT2D eigenvalue weighted by molar-refractivity contribution is 5.70. The van der Waals surface area contributed by atoms with Gasteiger partial charge in [-0.1, -0.05) is 217 Å². The third-order valence-corrected chi connectivity index (χ3v) is 10.6. The van der Waals surface area contributed by atoms with E-state index in [0.29, 0.717) is 19.4 Å². The molecule has 0 aromatic carbocycles. The molecule has 0 aliphatic rings. The normalized spacial score (nSPS) is 13.5. The number of allylic oxidation sites excluding steroid dienone is 25. The van der Waals surface area contributed by atoms with Crippen molar-refractivity contribution in [3.8, 4) is 0 Å². The topological polar surface area (TPSA) is 61.8 Å². The Bertz CT molecular complexity index is 1520. The van der Waals surface area contributed by atoms with Gasteiger partial charge in [0.1, 0.15) is 6.61 Å². The second-order valence-electron chi connectivity index (χ2n) is 17.0. The molecule has 68 heavy (non-hydrogen) atoms. The predicted octanol–water partition coefficient (Wildman–Crippen LogP) is 18.7. The van der Waals surface area contributed by atoms with Crippen LogP contribution in [0, 0.1) is 0 Å². The smallest absolute Gasteiger partial charge is 0.306 e. The largest absolute Gasteiger partial charge is 0.462 e. The fourth-order valence-corrected chi connectivity index (χ4v) is 6.67. The highest BCUT2D eigenvalue weighted by Crippen LogP contribution is 2.12. The molecule has 5 nitrogen and oxygen atoms in total. The highest BCUT2D eigenvalue weighted by Gasteiger charge is 2.17. The van der Waals surface area contributed by atoms with Crippen molar-refractivity contribution in [1.29, 1.82) is 0 Å². The van der Waals surface area contributed by atoms with Gasteiger partial charge in [-0.2, -0.15) is 0 Å². The fraction of sp³-hybridized carbons (Fsp3) is 0.556. The molecule has 0 aliphatic heterocycles. The number of ether oxygens (including phenoxy) is 3. The maximum Gasteiger partial charge on any atom is 0.306 e. The summed E-state index contributed by atoms with van der Waals surface area (Å²) in [7, 11) is 0. The molecule has 5 heteroatoms. The van der Waals surface area contributed by atoms with Crippen LogP contribution < -0.4 is 0 Å². The zero-order valence-electron chi connectivity index (χ0n) is 43.6. The van der Waals surface area contributed by atoms with Gasteiger partial charge in [0, 0.05) is 12.8 Å². The first-order chi connectivity index (χ1) is 33.6. The number of unbranched alkanes of at least 4 members (excludes halogenated alkanes) is 10. The molecule has 0 N–H and O–H groups in total. The van der Waals surface area contributed by atoms with E-state index >= 15 is 0 Å². The van der Waals surface area contributed by atoms with E-state index in [2.05, 4.69) is 179 Å². The zero-order chi connectivity index (χ0) is 49.2. The molecular weight excluding hydrogens is 837 g/mol. The van der Waals surface area contributed by atoms with Crippen molar-refractivity contribution in [2.45, 2.75) is 207 Å². The standard InChI is InChI=1S/C63H98O5/c1-4-7-10-13-16-19-22-25-28-31-32-34-35-38-41-44-47-50-53-56-62(64)67-60-61(59-66-58-55-52-49-46-43-40-37-30-27-24-21-18-15-12-9-6-3)68-63(65)57-54-51-48-45-42-39-36-33-29-26-23-20-17-14-11-8-5-2/h7-12,16-21,25-30,32,34,36,39-40,43,49,52,61H,4-6,13-15,22-24,31,33,35,37-38,41-42,44-48,50-51,53-60H2,1-3H3/b10-7-,11-8-,12-9-,19-16-,20-17-,21-18-,28-25-,29-26-,30-27-,34-32-,39-36-,43-40-,52-49-. The van der Waals surface area contributed by atoms with Crippen molar-refractivity contribution in [2.75, 3.05) is 19.8 Å². The van der Waals surface area contributed by atoms with Gasteiger partial charge in [-0.3, -0.25) is 9.59 Å². The van der Waals surface area contributed by atoms with Gasteiger partial charge in [-0.05, 0) is 128 Å². The number of carbonyl (C=O) groups excluding carboxylic acids is 2. The molecule has 0 aliphatic carbocycles. The summed E-state index contributed by atoms with van der Waals surface area (Å²) < 4.78 is 17.3. The first-order valence-electron chi connectivity index (χ1n) is 27.0. The van der Waals surface area contributed by atoms with Crippen LogP contribution in [0.2, 0.25) is 0 Å². The van der Waals surface area contributed by atoms with Crippen LogP contribution in [-0.4, -0.2) is 37.9 Å². The Hall–Kier alpha value is -4.48. The van der Waals surface area contributed by atoms with Gasteiger partial charge in [0.05, 0.1) is 13.2 Å². The summed E-state index contributed by atoms with van der Waals surface area (Å²) in [4.78, 5) is 25.5. The molecule has 0 aromatic rings. The molecule has 0 aromatic heterocycles. The summed E-state index contributed by atoms with van der Waals surface area (Å²) in [5.74, 6) is -0.495. The van der Waals surface area contributed by atoms with Gasteiger partial charge in [-0.25, -0.2) is 0 Å². The van der Waals surface area contributed by atoms with Crippen LogP contribution >= 0.6 is 0 Å². The lowest BCUT2D eigenvalue weighted by Gasteiger charge is -2.18. The van der Waals surface area contributed by atoms with E-state index in [0.717, 1.165) is 148 Å². The maximum atomic E-state index is 12.8. The first kappa shape index (κ1) is 63.5. The second-order valence-corrected chi connectivity index (χ2v) is 17.0. The molecule has 0 saturated heterocycles. The molecule has 0 saturated carbocycles. The summed E-state index contributed by atoms with van der Waals surface area (Å²) in [6.45, 7) is 7.21. The van der Waals surface area contributed by atoms with Crippen LogP contribution in [0.3, 0.4) is 0 Å². The van der Waals surface area contributed by atoms with E-state index in [1.807, 2.05) is 0 Å². The van der Waals surface area contributed by atoms with Gasteiger partial charge >= 0.3 is 11.9 Å². The van der Waals surface area contributed by atoms with E-state index in [1.54, 1.807) is 0 Å². The lowest BCUT2D eigenvalue weighted by atomic mass is 10.1. The number of rotatable bonds is 47. The number of hydrogen-bond donors (Lipinski definition) is 0. The van der Waals surface area contributed by atoms with Crippen molar-refractivity contribution in [2.24, 2.45) is 0 Å². The number of hydrogen-bond acceptors (Lipinski definition) is 5. The van der Waals surface area contributed by atoms with Gasteiger partial charge in [0.25, 0.3) is 0 Å². The summed E-state index contributed by atoms with van der Waals surface area (Å²) in [6, 6.07) is 0. The Morgan fingerprint density at radius 3 is 0.985 bits per heavy atom. The average Bonchev–Trinajstić information content (AvgIpc) is 3.34. The van der Waals surface area contributed by atoms with E-state index in [4.69, 9.17) is 14.2 Å². The Morgan fingerprint density at radius 1 is 0.324 bits per heavy atom. The number of carbonyl (C=O) groups is 2. The molecule has 0 heterocycles. The average molecular weight is 935 g/mol. The Balaban J connectivity index is 4.49. The van der Waals surface area contributed by atoms with Crippen molar-refractivity contribution in [3.05, 3.63) is 158 Å². The number of esters is 2. The monoisotopic (exact) mass is 935 g/mol. The first-order valence-corrected chi connectivity index (χ1v) is 27.0. The van der Waals surface area contributed by atoms with Gasteiger partial charge in [0.2, 0.25) is 0 Å². The Labute approximate surface area is 418 Å². The molecule has 0 spiro atoms. The van der Waals surface area contributed by atoms with Crippen LogP contribution in [0.1, 0.15) is 201 Å². The second kappa shape index (κ2) is 56.8. The molecule has 380 valence electrons. The molecule has 0 bridgehead atoms. The molecule has 1 atom stereocenters. The minimum absolute atomic E-state index is 0.0262. The van der Waals surface area contributed by atoms with E-state index in [9.17, 15) is 9.59 Å².